The molecule has 0 spiro atoms. The van der Waals surface area contributed by atoms with Crippen LogP contribution in [-0.4, -0.2) is 7.11 Å². The lowest BCUT2D eigenvalue weighted by atomic mass is 9.91. The van der Waals surface area contributed by atoms with Gasteiger partial charge in [0.15, 0.2) is 0 Å². The zero-order valence-corrected chi connectivity index (χ0v) is 10.3. The first-order valence-electron chi connectivity index (χ1n) is 5.62. The van der Waals surface area contributed by atoms with E-state index in [9.17, 15) is 5.26 Å². The summed E-state index contributed by atoms with van der Waals surface area (Å²) in [6.07, 6.45) is 0.947. The van der Waals surface area contributed by atoms with E-state index in [2.05, 4.69) is 32.0 Å². The zero-order chi connectivity index (χ0) is 11.9. The van der Waals surface area contributed by atoms with Gasteiger partial charge in [-0.25, -0.2) is 0 Å². The fourth-order valence-electron chi connectivity index (χ4n) is 2.57. The molecule has 0 bridgehead atoms. The van der Waals surface area contributed by atoms with Gasteiger partial charge in [0.05, 0.1) is 18.6 Å². The number of nitrogens with zero attached hydrogens (tertiary/aromatic N) is 1. The van der Waals surface area contributed by atoms with E-state index in [1.807, 2.05) is 6.92 Å². The van der Waals surface area contributed by atoms with Gasteiger partial charge in [0, 0.05) is 5.56 Å². The van der Waals surface area contributed by atoms with Gasteiger partial charge in [-0.05, 0) is 31.7 Å². The first kappa shape index (κ1) is 11.0. The molecule has 2 rings (SSSR count). The Morgan fingerprint density at radius 1 is 1.44 bits per heavy atom. The van der Waals surface area contributed by atoms with Crippen LogP contribution < -0.4 is 4.74 Å². The van der Waals surface area contributed by atoms with Crippen molar-refractivity contribution in [3.8, 4) is 11.8 Å². The number of aryl methyl sites for hydroxylation is 2. The van der Waals surface area contributed by atoms with Crippen LogP contribution in [0, 0.1) is 31.1 Å². The van der Waals surface area contributed by atoms with Gasteiger partial charge in [0.25, 0.3) is 0 Å². The standard InChI is InChI=1S/C14H17NO/c1-9-5-10(2)13(16-4)12(6-9)14(8-15)7-11(14)3/h5-6,11H,7H2,1-4H3. The van der Waals surface area contributed by atoms with E-state index < -0.39 is 0 Å². The molecule has 1 fully saturated rings. The molecule has 84 valence electrons. The Hall–Kier alpha value is -1.49. The van der Waals surface area contributed by atoms with Crippen molar-refractivity contribution < 1.29 is 4.74 Å². The number of rotatable bonds is 2. The Balaban J connectivity index is 2.61. The second kappa shape index (κ2) is 3.52. The molecule has 2 heteroatoms. The van der Waals surface area contributed by atoms with Gasteiger partial charge in [-0.2, -0.15) is 5.26 Å². The monoisotopic (exact) mass is 215 g/mol. The SMILES string of the molecule is COc1c(C)cc(C)cc1C1(C#N)CC1C. The average molecular weight is 215 g/mol. The van der Waals surface area contributed by atoms with E-state index >= 15 is 0 Å². The summed E-state index contributed by atoms with van der Waals surface area (Å²) >= 11 is 0. The topological polar surface area (TPSA) is 33.0 Å². The van der Waals surface area contributed by atoms with Crippen LogP contribution in [0.3, 0.4) is 0 Å². The third-order valence-electron chi connectivity index (χ3n) is 3.61. The molecule has 1 saturated carbocycles. The van der Waals surface area contributed by atoms with Crippen LogP contribution >= 0.6 is 0 Å². The Bertz CT molecular complexity index is 472. The summed E-state index contributed by atoms with van der Waals surface area (Å²) in [7, 11) is 1.68. The van der Waals surface area contributed by atoms with Crippen LogP contribution in [0.4, 0.5) is 0 Å². The molecule has 0 aliphatic heterocycles. The maximum atomic E-state index is 9.38. The first-order valence-corrected chi connectivity index (χ1v) is 5.62. The van der Waals surface area contributed by atoms with Crippen LogP contribution in [0.1, 0.15) is 30.0 Å². The fourth-order valence-corrected chi connectivity index (χ4v) is 2.57. The molecule has 1 aromatic carbocycles. The second-order valence-corrected chi connectivity index (χ2v) is 4.85. The summed E-state index contributed by atoms with van der Waals surface area (Å²) in [6.45, 7) is 6.22. The molecule has 16 heavy (non-hydrogen) atoms. The maximum Gasteiger partial charge on any atom is 0.126 e. The number of methoxy groups -OCH3 is 1. The lowest BCUT2D eigenvalue weighted by Crippen LogP contribution is -2.09. The molecule has 0 N–H and O–H groups in total. The smallest absolute Gasteiger partial charge is 0.126 e. The van der Waals surface area contributed by atoms with Gasteiger partial charge in [-0.3, -0.25) is 0 Å². The summed E-state index contributed by atoms with van der Waals surface area (Å²) in [4.78, 5) is 0. The Kier molecular flexibility index (Phi) is 2.42. The Morgan fingerprint density at radius 2 is 2.06 bits per heavy atom. The van der Waals surface area contributed by atoms with Crippen molar-refractivity contribution >= 4 is 0 Å². The predicted octanol–water partition coefficient (Wildman–Crippen LogP) is 3.11. The second-order valence-electron chi connectivity index (χ2n) is 4.85. The summed E-state index contributed by atoms with van der Waals surface area (Å²) in [6, 6.07) is 6.66. The largest absolute Gasteiger partial charge is 0.496 e. The molecule has 0 aromatic heterocycles. The third kappa shape index (κ3) is 1.39. The molecule has 0 radical (unpaired) electrons. The van der Waals surface area contributed by atoms with Crippen molar-refractivity contribution in [2.24, 2.45) is 5.92 Å². The highest BCUT2D eigenvalue weighted by molar-refractivity contribution is 5.54. The van der Waals surface area contributed by atoms with Gasteiger partial charge in [-0.15, -0.1) is 0 Å². The molecule has 0 amide bonds. The van der Waals surface area contributed by atoms with Crippen molar-refractivity contribution in [2.75, 3.05) is 7.11 Å². The van der Waals surface area contributed by atoms with Crippen LogP contribution in [0.15, 0.2) is 12.1 Å². The maximum absolute atomic E-state index is 9.38. The minimum atomic E-state index is -0.303. The summed E-state index contributed by atoms with van der Waals surface area (Å²) in [5, 5.41) is 9.38. The highest BCUT2D eigenvalue weighted by atomic mass is 16.5. The van der Waals surface area contributed by atoms with Gasteiger partial charge < -0.3 is 4.74 Å². The minimum absolute atomic E-state index is 0.303. The number of hydrogen-bond acceptors (Lipinski definition) is 2. The summed E-state index contributed by atoms with van der Waals surface area (Å²) in [5.41, 5.74) is 3.08. The zero-order valence-electron chi connectivity index (χ0n) is 10.3. The minimum Gasteiger partial charge on any atom is -0.496 e. The van der Waals surface area contributed by atoms with E-state index in [4.69, 9.17) is 4.74 Å². The number of nitriles is 1. The first-order chi connectivity index (χ1) is 7.55. The molecule has 0 saturated heterocycles. The van der Waals surface area contributed by atoms with Gasteiger partial charge in [0.1, 0.15) is 5.75 Å². The van der Waals surface area contributed by atoms with E-state index in [1.54, 1.807) is 7.11 Å². The van der Waals surface area contributed by atoms with Crippen LogP contribution in [0.2, 0.25) is 0 Å². The molecule has 1 aromatic rings. The third-order valence-corrected chi connectivity index (χ3v) is 3.61. The molecule has 2 nitrogen and oxygen atoms in total. The lowest BCUT2D eigenvalue weighted by molar-refractivity contribution is 0.403. The van der Waals surface area contributed by atoms with Gasteiger partial charge >= 0.3 is 0 Å². The van der Waals surface area contributed by atoms with Crippen LogP contribution in [0.5, 0.6) is 5.75 Å². The van der Waals surface area contributed by atoms with Crippen molar-refractivity contribution in [3.05, 3.63) is 28.8 Å². The highest BCUT2D eigenvalue weighted by Gasteiger charge is 2.54. The number of ether oxygens (including phenoxy) is 1. The molecule has 2 unspecified atom stereocenters. The quantitative estimate of drug-likeness (QED) is 0.759. The molecular weight excluding hydrogens is 198 g/mol. The van der Waals surface area contributed by atoms with Crippen molar-refractivity contribution in [1.82, 2.24) is 0 Å². The van der Waals surface area contributed by atoms with E-state index in [-0.39, 0.29) is 5.41 Å². The number of benzene rings is 1. The number of hydrogen-bond donors (Lipinski definition) is 0. The van der Waals surface area contributed by atoms with Crippen LogP contribution in [0.25, 0.3) is 0 Å². The lowest BCUT2D eigenvalue weighted by Gasteiger charge is -2.16. The average Bonchev–Trinajstić information content (AvgIpc) is 2.89. The fraction of sp³-hybridized carbons (Fsp3) is 0.500. The predicted molar refractivity (Wildman–Crippen MR) is 63.5 cm³/mol. The van der Waals surface area contributed by atoms with E-state index in [1.165, 1.54) is 5.56 Å². The van der Waals surface area contributed by atoms with Crippen molar-refractivity contribution in [1.29, 1.82) is 5.26 Å². The normalized spacial score (nSPS) is 27.3. The highest BCUT2D eigenvalue weighted by Crippen LogP contribution is 2.56. The summed E-state index contributed by atoms with van der Waals surface area (Å²) < 4.78 is 5.46. The van der Waals surface area contributed by atoms with E-state index in [0.29, 0.717) is 5.92 Å². The Labute approximate surface area is 96.9 Å². The molecular formula is C14H17NO. The van der Waals surface area contributed by atoms with E-state index in [0.717, 1.165) is 23.3 Å². The van der Waals surface area contributed by atoms with Crippen LogP contribution in [-0.2, 0) is 5.41 Å². The molecule has 0 heterocycles. The van der Waals surface area contributed by atoms with Gasteiger partial charge in [0.2, 0.25) is 0 Å². The van der Waals surface area contributed by atoms with Crippen molar-refractivity contribution in [2.45, 2.75) is 32.6 Å². The van der Waals surface area contributed by atoms with Gasteiger partial charge in [-0.1, -0.05) is 24.6 Å². The Morgan fingerprint density at radius 3 is 2.50 bits per heavy atom. The molecule has 1 aliphatic rings. The summed E-state index contributed by atoms with van der Waals surface area (Å²) in [5.74, 6) is 1.32. The molecule has 1 aliphatic carbocycles. The molecule has 2 atom stereocenters. The van der Waals surface area contributed by atoms with Crippen molar-refractivity contribution in [3.63, 3.8) is 0 Å².